The SMILES string of the molecule is CCCC1CCC(C(F)(F)OC2=CC=C(CC)C(F)(F)C2(F)F)CO1. The van der Waals surface area contributed by atoms with Gasteiger partial charge in [-0.05, 0) is 31.8 Å². The first-order chi connectivity index (χ1) is 11.6. The lowest BCUT2D eigenvalue weighted by molar-refractivity contribution is -0.296. The Balaban J connectivity index is 2.12. The number of rotatable bonds is 6. The molecular weight excluding hydrogens is 350 g/mol. The number of halogens is 6. The van der Waals surface area contributed by atoms with E-state index in [9.17, 15) is 26.3 Å². The van der Waals surface area contributed by atoms with E-state index in [-0.39, 0.29) is 25.6 Å². The van der Waals surface area contributed by atoms with Gasteiger partial charge < -0.3 is 9.47 Å². The number of hydrogen-bond acceptors (Lipinski definition) is 2. The topological polar surface area (TPSA) is 18.5 Å². The molecule has 0 N–H and O–H groups in total. The van der Waals surface area contributed by atoms with Crippen LogP contribution < -0.4 is 0 Å². The Labute approximate surface area is 142 Å². The van der Waals surface area contributed by atoms with Crippen LogP contribution in [0.4, 0.5) is 26.3 Å². The van der Waals surface area contributed by atoms with Gasteiger partial charge in [-0.2, -0.15) is 26.3 Å². The van der Waals surface area contributed by atoms with Gasteiger partial charge in [-0.15, -0.1) is 0 Å². The van der Waals surface area contributed by atoms with Gasteiger partial charge in [-0.25, -0.2) is 0 Å². The average molecular weight is 372 g/mol. The third-order valence-electron chi connectivity index (χ3n) is 4.63. The lowest BCUT2D eigenvalue weighted by Crippen LogP contribution is -2.48. The molecule has 0 aromatic heterocycles. The fraction of sp³-hybridized carbons (Fsp3) is 0.765. The first-order valence-corrected chi connectivity index (χ1v) is 8.42. The van der Waals surface area contributed by atoms with Crippen molar-refractivity contribution in [2.45, 2.75) is 70.0 Å². The Bertz CT molecular complexity index is 533. The highest BCUT2D eigenvalue weighted by molar-refractivity contribution is 5.35. The van der Waals surface area contributed by atoms with Crippen molar-refractivity contribution in [2.75, 3.05) is 6.61 Å². The van der Waals surface area contributed by atoms with Gasteiger partial charge in [0.25, 0.3) is 0 Å². The first kappa shape index (κ1) is 20.1. The van der Waals surface area contributed by atoms with Crippen LogP contribution in [-0.4, -0.2) is 30.7 Å². The summed E-state index contributed by atoms with van der Waals surface area (Å²) in [5.74, 6) is -12.5. The molecule has 0 amide bonds. The molecule has 2 atom stereocenters. The zero-order valence-corrected chi connectivity index (χ0v) is 14.1. The van der Waals surface area contributed by atoms with E-state index >= 15 is 0 Å². The highest BCUT2D eigenvalue weighted by atomic mass is 19.3. The molecule has 1 aliphatic carbocycles. The summed E-state index contributed by atoms with van der Waals surface area (Å²) in [6.07, 6.45) is -1.33. The Hall–Kier alpha value is -1.18. The second kappa shape index (κ2) is 7.21. The van der Waals surface area contributed by atoms with E-state index in [1.165, 1.54) is 6.92 Å². The normalized spacial score (nSPS) is 29.0. The summed E-state index contributed by atoms with van der Waals surface area (Å²) in [7, 11) is 0. The molecule has 2 aliphatic rings. The van der Waals surface area contributed by atoms with Crippen molar-refractivity contribution in [2.24, 2.45) is 5.92 Å². The second-order valence-corrected chi connectivity index (χ2v) is 6.41. The Morgan fingerprint density at radius 1 is 1.12 bits per heavy atom. The maximum absolute atomic E-state index is 14.2. The maximum Gasteiger partial charge on any atom is 0.402 e. The zero-order chi connectivity index (χ0) is 18.9. The summed E-state index contributed by atoms with van der Waals surface area (Å²) in [6.45, 7) is 2.86. The molecule has 0 bridgehead atoms. The van der Waals surface area contributed by atoms with Crippen molar-refractivity contribution in [1.82, 2.24) is 0 Å². The van der Waals surface area contributed by atoms with E-state index in [0.717, 1.165) is 18.9 Å². The summed E-state index contributed by atoms with van der Waals surface area (Å²) in [5.41, 5.74) is -0.823. The van der Waals surface area contributed by atoms with E-state index in [2.05, 4.69) is 4.74 Å². The molecule has 1 aliphatic heterocycles. The van der Waals surface area contributed by atoms with Crippen molar-refractivity contribution in [3.05, 3.63) is 23.5 Å². The third kappa shape index (κ3) is 3.83. The molecule has 144 valence electrons. The lowest BCUT2D eigenvalue weighted by Gasteiger charge is -2.37. The minimum absolute atomic E-state index is 0.0168. The molecular formula is C17H22F6O2. The summed E-state index contributed by atoms with van der Waals surface area (Å²) < 4.78 is 93.6. The number of allylic oxidation sites excluding steroid dienone is 4. The average Bonchev–Trinajstić information content (AvgIpc) is 2.53. The highest BCUT2D eigenvalue weighted by Crippen LogP contribution is 2.50. The maximum atomic E-state index is 14.2. The summed E-state index contributed by atoms with van der Waals surface area (Å²) in [4.78, 5) is 0. The number of hydrogen-bond donors (Lipinski definition) is 0. The summed E-state index contributed by atoms with van der Waals surface area (Å²) >= 11 is 0. The smallest absolute Gasteiger partial charge is 0.402 e. The van der Waals surface area contributed by atoms with Crippen molar-refractivity contribution in [3.8, 4) is 0 Å². The Morgan fingerprint density at radius 2 is 1.80 bits per heavy atom. The molecule has 1 saturated heterocycles. The molecule has 2 unspecified atom stereocenters. The molecule has 8 heteroatoms. The monoisotopic (exact) mass is 372 g/mol. The molecule has 1 fully saturated rings. The largest absolute Gasteiger partial charge is 0.430 e. The van der Waals surface area contributed by atoms with Crippen LogP contribution in [-0.2, 0) is 9.47 Å². The van der Waals surface area contributed by atoms with E-state index in [0.29, 0.717) is 12.5 Å². The van der Waals surface area contributed by atoms with Crippen LogP contribution in [0.5, 0.6) is 0 Å². The van der Waals surface area contributed by atoms with Gasteiger partial charge in [-0.1, -0.05) is 26.3 Å². The molecule has 0 spiro atoms. The minimum atomic E-state index is -4.82. The predicted molar refractivity (Wildman–Crippen MR) is 79.8 cm³/mol. The number of ether oxygens (including phenoxy) is 2. The third-order valence-corrected chi connectivity index (χ3v) is 4.63. The standard InChI is InChI=1S/C17H22F6O2/c1-3-5-13-8-6-12(10-24-13)17(22,23)25-14-9-7-11(4-2)15(18,19)16(14,20)21/h7,9,12-13H,3-6,8,10H2,1-2H3. The van der Waals surface area contributed by atoms with Crippen LogP contribution in [0, 0.1) is 5.92 Å². The van der Waals surface area contributed by atoms with Crippen LogP contribution >= 0.6 is 0 Å². The fourth-order valence-corrected chi connectivity index (χ4v) is 3.03. The van der Waals surface area contributed by atoms with Gasteiger partial charge in [0.2, 0.25) is 0 Å². The van der Waals surface area contributed by atoms with Crippen LogP contribution in [0.2, 0.25) is 0 Å². The zero-order valence-electron chi connectivity index (χ0n) is 14.1. The lowest BCUT2D eigenvalue weighted by atomic mass is 9.93. The highest BCUT2D eigenvalue weighted by Gasteiger charge is 2.64. The molecule has 0 aromatic carbocycles. The van der Waals surface area contributed by atoms with E-state index in [1.54, 1.807) is 0 Å². The van der Waals surface area contributed by atoms with Crippen molar-refractivity contribution in [1.29, 1.82) is 0 Å². The molecule has 0 saturated carbocycles. The fourth-order valence-electron chi connectivity index (χ4n) is 3.03. The minimum Gasteiger partial charge on any atom is -0.430 e. The van der Waals surface area contributed by atoms with Gasteiger partial charge in [0.15, 0.2) is 5.76 Å². The van der Waals surface area contributed by atoms with Gasteiger partial charge in [-0.3, -0.25) is 0 Å². The number of alkyl halides is 6. The quantitative estimate of drug-likeness (QED) is 0.557. The molecule has 2 rings (SSSR count). The van der Waals surface area contributed by atoms with Crippen LogP contribution in [0.15, 0.2) is 23.5 Å². The van der Waals surface area contributed by atoms with Crippen molar-refractivity contribution < 1.29 is 35.8 Å². The van der Waals surface area contributed by atoms with Gasteiger partial charge in [0.05, 0.1) is 18.6 Å². The molecule has 1 heterocycles. The predicted octanol–water partition coefficient (Wildman–Crippen LogP) is 5.70. The summed E-state index contributed by atoms with van der Waals surface area (Å²) in [6, 6.07) is 0. The second-order valence-electron chi connectivity index (χ2n) is 6.41. The van der Waals surface area contributed by atoms with E-state index < -0.39 is 35.2 Å². The molecule has 25 heavy (non-hydrogen) atoms. The van der Waals surface area contributed by atoms with Gasteiger partial charge in [0.1, 0.15) is 0 Å². The van der Waals surface area contributed by atoms with Gasteiger partial charge >= 0.3 is 18.0 Å². The van der Waals surface area contributed by atoms with E-state index in [1.807, 2.05) is 6.92 Å². The van der Waals surface area contributed by atoms with Crippen molar-refractivity contribution >= 4 is 0 Å². The van der Waals surface area contributed by atoms with Crippen LogP contribution in [0.25, 0.3) is 0 Å². The molecule has 0 radical (unpaired) electrons. The van der Waals surface area contributed by atoms with Crippen molar-refractivity contribution in [3.63, 3.8) is 0 Å². The van der Waals surface area contributed by atoms with Crippen LogP contribution in [0.1, 0.15) is 46.0 Å². The van der Waals surface area contributed by atoms with Crippen LogP contribution in [0.3, 0.4) is 0 Å². The van der Waals surface area contributed by atoms with E-state index in [4.69, 9.17) is 4.74 Å². The Kier molecular flexibility index (Phi) is 5.81. The molecule has 0 aromatic rings. The first-order valence-electron chi connectivity index (χ1n) is 8.42. The Morgan fingerprint density at radius 3 is 2.32 bits per heavy atom. The summed E-state index contributed by atoms with van der Waals surface area (Å²) in [5, 5.41) is 0. The molecule has 2 nitrogen and oxygen atoms in total. The van der Waals surface area contributed by atoms with Gasteiger partial charge in [0, 0.05) is 5.57 Å².